The second kappa shape index (κ2) is 7.20. The summed E-state index contributed by atoms with van der Waals surface area (Å²) in [6.45, 7) is 4.20. The lowest BCUT2D eigenvalue weighted by Crippen LogP contribution is -2.07. The molecule has 0 amide bonds. The first kappa shape index (κ1) is 17.2. The van der Waals surface area contributed by atoms with Crippen LogP contribution >= 0.6 is 0 Å². The van der Waals surface area contributed by atoms with E-state index in [4.69, 9.17) is 4.98 Å². The topological polar surface area (TPSA) is 34.4 Å². The van der Waals surface area contributed by atoms with Crippen LogP contribution in [0.5, 0.6) is 0 Å². The predicted octanol–water partition coefficient (Wildman–Crippen LogP) is 5.30. The normalized spacial score (nSPS) is 11.0. The van der Waals surface area contributed by atoms with E-state index in [-0.39, 0.29) is 5.78 Å². The van der Waals surface area contributed by atoms with Crippen molar-refractivity contribution in [3.05, 3.63) is 95.3 Å². The van der Waals surface area contributed by atoms with Crippen LogP contribution in [-0.2, 0) is 12.8 Å². The molecule has 3 nitrogen and oxygen atoms in total. The first-order valence-corrected chi connectivity index (χ1v) is 9.31. The minimum Gasteiger partial charge on any atom is -0.303 e. The van der Waals surface area contributed by atoms with Crippen LogP contribution in [-0.4, -0.2) is 15.2 Å². The fourth-order valence-electron chi connectivity index (χ4n) is 3.34. The van der Waals surface area contributed by atoms with Gasteiger partial charge in [-0.2, -0.15) is 0 Å². The number of benzene rings is 2. The van der Waals surface area contributed by atoms with Crippen molar-refractivity contribution < 1.29 is 4.79 Å². The van der Waals surface area contributed by atoms with Gasteiger partial charge in [0.2, 0.25) is 0 Å². The standard InChI is InChI=1S/C24H22N2O/c1-3-18-11-14-23-25-24(20-12-9-17(2)10-13-20)21(26(23)16-18)15-22(27)19-7-5-4-6-8-19/h4-14,16H,3,15H2,1-2H3. The van der Waals surface area contributed by atoms with E-state index < -0.39 is 0 Å². The summed E-state index contributed by atoms with van der Waals surface area (Å²) < 4.78 is 2.08. The molecule has 0 saturated carbocycles. The molecule has 0 N–H and O–H groups in total. The lowest BCUT2D eigenvalue weighted by molar-refractivity contribution is 0.0992. The van der Waals surface area contributed by atoms with E-state index in [2.05, 4.69) is 54.8 Å². The number of rotatable bonds is 5. The molecule has 0 aliphatic heterocycles. The van der Waals surface area contributed by atoms with Crippen molar-refractivity contribution in [2.75, 3.05) is 0 Å². The average Bonchev–Trinajstić information content (AvgIpc) is 3.06. The van der Waals surface area contributed by atoms with E-state index in [1.165, 1.54) is 11.1 Å². The van der Waals surface area contributed by atoms with Crippen LogP contribution in [0.1, 0.15) is 34.1 Å². The molecule has 2 aromatic carbocycles. The number of imidazole rings is 1. The lowest BCUT2D eigenvalue weighted by Gasteiger charge is -2.07. The number of carbonyl (C=O) groups excluding carboxylic acids is 1. The van der Waals surface area contributed by atoms with Crippen molar-refractivity contribution in [3.63, 3.8) is 0 Å². The minimum absolute atomic E-state index is 0.104. The number of Topliss-reactive ketones (excluding diaryl/α,β-unsaturated/α-hetero) is 1. The van der Waals surface area contributed by atoms with E-state index in [1.54, 1.807) is 0 Å². The molecule has 0 fully saturated rings. The lowest BCUT2D eigenvalue weighted by atomic mass is 10.0. The fraction of sp³-hybridized carbons (Fsp3) is 0.167. The number of carbonyl (C=O) groups is 1. The summed E-state index contributed by atoms with van der Waals surface area (Å²) in [5.41, 5.74) is 6.90. The summed E-state index contributed by atoms with van der Waals surface area (Å²) in [6, 6.07) is 21.9. The van der Waals surface area contributed by atoms with E-state index in [0.717, 1.165) is 34.6 Å². The summed E-state index contributed by atoms with van der Waals surface area (Å²) in [5.74, 6) is 0.104. The van der Waals surface area contributed by atoms with Gasteiger partial charge in [0.1, 0.15) is 5.65 Å². The maximum absolute atomic E-state index is 12.9. The molecule has 0 unspecified atom stereocenters. The van der Waals surface area contributed by atoms with Crippen LogP contribution in [0, 0.1) is 6.92 Å². The van der Waals surface area contributed by atoms with E-state index in [1.807, 2.05) is 36.4 Å². The molecule has 4 rings (SSSR count). The highest BCUT2D eigenvalue weighted by Gasteiger charge is 2.18. The summed E-state index contributed by atoms with van der Waals surface area (Å²) >= 11 is 0. The van der Waals surface area contributed by atoms with Gasteiger partial charge >= 0.3 is 0 Å². The molecule has 3 heteroatoms. The van der Waals surface area contributed by atoms with E-state index in [0.29, 0.717) is 6.42 Å². The second-order valence-corrected chi connectivity index (χ2v) is 6.86. The molecular formula is C24H22N2O. The molecule has 27 heavy (non-hydrogen) atoms. The van der Waals surface area contributed by atoms with Gasteiger partial charge in [0, 0.05) is 17.3 Å². The average molecular weight is 354 g/mol. The van der Waals surface area contributed by atoms with Crippen LogP contribution in [0.15, 0.2) is 72.9 Å². The maximum atomic E-state index is 12.9. The SMILES string of the molecule is CCc1ccc2nc(-c3ccc(C)cc3)c(CC(=O)c3ccccc3)n2c1. The van der Waals surface area contributed by atoms with Gasteiger partial charge in [-0.25, -0.2) is 4.98 Å². The Bertz CT molecular complexity index is 1090. The van der Waals surface area contributed by atoms with Gasteiger partial charge in [-0.05, 0) is 25.0 Å². The molecule has 0 atom stereocenters. The van der Waals surface area contributed by atoms with Crippen molar-refractivity contribution in [2.24, 2.45) is 0 Å². The largest absolute Gasteiger partial charge is 0.303 e. The smallest absolute Gasteiger partial charge is 0.168 e. The zero-order chi connectivity index (χ0) is 18.8. The predicted molar refractivity (Wildman–Crippen MR) is 109 cm³/mol. The zero-order valence-corrected chi connectivity index (χ0v) is 15.6. The molecule has 0 saturated heterocycles. The zero-order valence-electron chi connectivity index (χ0n) is 15.6. The van der Waals surface area contributed by atoms with Gasteiger partial charge in [-0.1, -0.05) is 73.2 Å². The quantitative estimate of drug-likeness (QED) is 0.456. The Hall–Kier alpha value is -3.20. The number of ketones is 1. The first-order chi connectivity index (χ1) is 13.2. The second-order valence-electron chi connectivity index (χ2n) is 6.86. The van der Waals surface area contributed by atoms with Crippen LogP contribution < -0.4 is 0 Å². The van der Waals surface area contributed by atoms with Gasteiger partial charge in [0.15, 0.2) is 5.78 Å². The van der Waals surface area contributed by atoms with Crippen LogP contribution in [0.3, 0.4) is 0 Å². The number of aromatic nitrogens is 2. The van der Waals surface area contributed by atoms with Crippen molar-refractivity contribution in [1.29, 1.82) is 0 Å². The van der Waals surface area contributed by atoms with Crippen LogP contribution in [0.2, 0.25) is 0 Å². The summed E-state index contributed by atoms with van der Waals surface area (Å²) in [7, 11) is 0. The number of aryl methyl sites for hydroxylation is 2. The highest BCUT2D eigenvalue weighted by molar-refractivity contribution is 5.98. The highest BCUT2D eigenvalue weighted by Crippen LogP contribution is 2.26. The molecule has 4 aromatic rings. The van der Waals surface area contributed by atoms with Crippen molar-refractivity contribution >= 4 is 11.4 Å². The number of hydrogen-bond donors (Lipinski definition) is 0. The molecule has 134 valence electrons. The van der Waals surface area contributed by atoms with Crippen molar-refractivity contribution in [1.82, 2.24) is 9.38 Å². The summed E-state index contributed by atoms with van der Waals surface area (Å²) in [6.07, 6.45) is 3.37. The van der Waals surface area contributed by atoms with Gasteiger partial charge in [0.25, 0.3) is 0 Å². The molecule has 0 spiro atoms. The third-order valence-corrected chi connectivity index (χ3v) is 4.94. The van der Waals surface area contributed by atoms with Crippen molar-refractivity contribution in [3.8, 4) is 11.3 Å². The molecule has 2 heterocycles. The molecule has 0 bridgehead atoms. The molecule has 0 aliphatic rings. The Labute approximate surface area is 159 Å². The van der Waals surface area contributed by atoms with Gasteiger partial charge in [-0.3, -0.25) is 4.79 Å². The van der Waals surface area contributed by atoms with Crippen LogP contribution in [0.4, 0.5) is 0 Å². The first-order valence-electron chi connectivity index (χ1n) is 9.31. The Morgan fingerprint density at radius 2 is 1.70 bits per heavy atom. The minimum atomic E-state index is 0.104. The number of hydrogen-bond acceptors (Lipinski definition) is 2. The third-order valence-electron chi connectivity index (χ3n) is 4.94. The molecule has 2 aromatic heterocycles. The summed E-state index contributed by atoms with van der Waals surface area (Å²) in [4.78, 5) is 17.8. The Balaban J connectivity index is 1.85. The Morgan fingerprint density at radius 1 is 0.963 bits per heavy atom. The number of fused-ring (bicyclic) bond motifs is 1. The Kier molecular flexibility index (Phi) is 4.59. The molecular weight excluding hydrogens is 332 g/mol. The monoisotopic (exact) mass is 354 g/mol. The fourth-order valence-corrected chi connectivity index (χ4v) is 3.34. The summed E-state index contributed by atoms with van der Waals surface area (Å²) in [5, 5.41) is 0. The molecule has 0 aliphatic carbocycles. The van der Waals surface area contributed by atoms with E-state index in [9.17, 15) is 4.79 Å². The van der Waals surface area contributed by atoms with Gasteiger partial charge < -0.3 is 4.40 Å². The third kappa shape index (κ3) is 3.41. The van der Waals surface area contributed by atoms with E-state index >= 15 is 0 Å². The number of pyridine rings is 1. The maximum Gasteiger partial charge on any atom is 0.168 e. The van der Waals surface area contributed by atoms with Gasteiger partial charge in [-0.15, -0.1) is 0 Å². The molecule has 0 radical (unpaired) electrons. The number of nitrogens with zero attached hydrogens (tertiary/aromatic N) is 2. The Morgan fingerprint density at radius 3 is 2.41 bits per heavy atom. The van der Waals surface area contributed by atoms with Crippen molar-refractivity contribution in [2.45, 2.75) is 26.7 Å². The van der Waals surface area contributed by atoms with Crippen LogP contribution in [0.25, 0.3) is 16.9 Å². The van der Waals surface area contributed by atoms with Gasteiger partial charge in [0.05, 0.1) is 17.8 Å². The highest BCUT2D eigenvalue weighted by atomic mass is 16.1.